The van der Waals surface area contributed by atoms with E-state index in [9.17, 15) is 4.79 Å². The Morgan fingerprint density at radius 2 is 2.42 bits per heavy atom. The van der Waals surface area contributed by atoms with Crippen molar-refractivity contribution in [3.05, 3.63) is 29.4 Å². The van der Waals surface area contributed by atoms with Gasteiger partial charge in [-0.3, -0.25) is 0 Å². The third-order valence-corrected chi connectivity index (χ3v) is 1.69. The summed E-state index contributed by atoms with van der Waals surface area (Å²) in [5, 5.41) is 8.33. The fraction of sp³-hybridized carbons (Fsp3) is 0.300. The minimum atomic E-state index is 0.502. The molecule has 0 atom stereocenters. The summed E-state index contributed by atoms with van der Waals surface area (Å²) in [6.07, 6.45) is 7.58. The Morgan fingerprint density at radius 1 is 1.58 bits per heavy atom. The van der Waals surface area contributed by atoms with E-state index >= 15 is 0 Å². The number of rotatable bonds is 2. The van der Waals surface area contributed by atoms with Gasteiger partial charge in [-0.05, 0) is 18.1 Å². The third kappa shape index (κ3) is 2.23. The fourth-order valence-corrected chi connectivity index (χ4v) is 1.09. The zero-order valence-electron chi connectivity index (χ0n) is 6.71. The largest absolute Gasteiger partial charge is 0.233 e. The number of nitrogens with zero attached hydrogens (tertiary/aromatic N) is 1. The van der Waals surface area contributed by atoms with Crippen LogP contribution < -0.4 is 0 Å². The highest BCUT2D eigenvalue weighted by Gasteiger charge is 2.01. The van der Waals surface area contributed by atoms with E-state index in [1.807, 2.05) is 24.2 Å². The zero-order chi connectivity index (χ0) is 8.81. The van der Waals surface area contributed by atoms with Crippen LogP contribution >= 0.6 is 0 Å². The Labute approximate surface area is 71.5 Å². The molecule has 0 aromatic heterocycles. The Balaban J connectivity index is 2.65. The molecule has 0 saturated heterocycles. The molecule has 2 nitrogen and oxygen atoms in total. The van der Waals surface area contributed by atoms with Crippen LogP contribution in [0.15, 0.2) is 29.4 Å². The van der Waals surface area contributed by atoms with Crippen LogP contribution in [-0.4, -0.2) is 5.94 Å². The number of nitriles is 1. The normalized spacial score (nSPS) is 14.9. The van der Waals surface area contributed by atoms with Crippen LogP contribution in [0.4, 0.5) is 0 Å². The molecular formula is C10H9NO. The van der Waals surface area contributed by atoms with Gasteiger partial charge in [-0.25, -0.2) is 4.79 Å². The minimum absolute atomic E-state index is 0.502. The van der Waals surface area contributed by atoms with E-state index in [2.05, 4.69) is 6.07 Å². The van der Waals surface area contributed by atoms with Crippen LogP contribution in [0, 0.1) is 11.3 Å². The van der Waals surface area contributed by atoms with Crippen molar-refractivity contribution in [3.8, 4) is 6.07 Å². The predicted octanol–water partition coefficient (Wildman–Crippen LogP) is 1.93. The fourth-order valence-electron chi connectivity index (χ4n) is 1.09. The van der Waals surface area contributed by atoms with E-state index in [0.29, 0.717) is 18.4 Å². The Morgan fingerprint density at radius 3 is 3.08 bits per heavy atom. The summed E-state index contributed by atoms with van der Waals surface area (Å²) in [6, 6.07) is 2.07. The second kappa shape index (κ2) is 4.33. The first-order chi connectivity index (χ1) is 5.86. The number of allylic oxidation sites excluding steroid dienone is 5. The van der Waals surface area contributed by atoms with Crippen molar-refractivity contribution < 1.29 is 4.79 Å². The molecule has 0 amide bonds. The first kappa shape index (κ1) is 8.52. The summed E-state index contributed by atoms with van der Waals surface area (Å²) in [6.45, 7) is 0. The van der Waals surface area contributed by atoms with E-state index in [4.69, 9.17) is 5.26 Å². The maximum absolute atomic E-state index is 10.3. The molecule has 0 aliphatic heterocycles. The average molecular weight is 159 g/mol. The molecule has 0 bridgehead atoms. The molecule has 0 fully saturated rings. The van der Waals surface area contributed by atoms with Crippen molar-refractivity contribution in [2.45, 2.75) is 19.3 Å². The van der Waals surface area contributed by atoms with Gasteiger partial charge in [0.1, 0.15) is 5.94 Å². The molecule has 0 heterocycles. The van der Waals surface area contributed by atoms with Gasteiger partial charge >= 0.3 is 0 Å². The Kier molecular flexibility index (Phi) is 3.07. The van der Waals surface area contributed by atoms with Gasteiger partial charge in [-0.2, -0.15) is 5.26 Å². The molecule has 2 heteroatoms. The molecule has 12 heavy (non-hydrogen) atoms. The number of hydrogen-bond donors (Lipinski definition) is 0. The molecule has 0 spiro atoms. The average Bonchev–Trinajstić information content (AvgIpc) is 2.15. The van der Waals surface area contributed by atoms with E-state index in [1.54, 1.807) is 0 Å². The second-order valence-corrected chi connectivity index (χ2v) is 2.61. The molecule has 0 N–H and O–H groups in total. The predicted molar refractivity (Wildman–Crippen MR) is 45.9 cm³/mol. The molecule has 0 unspecified atom stereocenters. The van der Waals surface area contributed by atoms with Gasteiger partial charge in [0, 0.05) is 18.4 Å². The van der Waals surface area contributed by atoms with E-state index < -0.39 is 0 Å². The van der Waals surface area contributed by atoms with Gasteiger partial charge in [-0.1, -0.05) is 12.2 Å². The van der Waals surface area contributed by atoms with Crippen molar-refractivity contribution >= 4 is 5.94 Å². The summed E-state index contributed by atoms with van der Waals surface area (Å²) in [5.74, 6) is 1.87. The molecule has 0 aromatic carbocycles. The van der Waals surface area contributed by atoms with Crippen molar-refractivity contribution in [1.29, 1.82) is 5.26 Å². The van der Waals surface area contributed by atoms with E-state index in [0.717, 1.165) is 12.0 Å². The maximum Gasteiger partial charge on any atom is 0.128 e. The van der Waals surface area contributed by atoms with Crippen LogP contribution in [0.3, 0.4) is 0 Å². The van der Waals surface area contributed by atoms with Crippen LogP contribution in [0.1, 0.15) is 19.3 Å². The van der Waals surface area contributed by atoms with Crippen LogP contribution in [0.2, 0.25) is 0 Å². The summed E-state index contributed by atoms with van der Waals surface area (Å²) < 4.78 is 0. The zero-order valence-corrected chi connectivity index (χ0v) is 6.71. The Bertz CT molecular complexity index is 311. The molecule has 1 aliphatic rings. The molecule has 1 rings (SSSR count). The maximum atomic E-state index is 10.3. The summed E-state index contributed by atoms with van der Waals surface area (Å²) in [5.41, 5.74) is 1.71. The highest BCUT2D eigenvalue weighted by atomic mass is 16.1. The monoisotopic (exact) mass is 159 g/mol. The first-order valence-corrected chi connectivity index (χ1v) is 3.85. The van der Waals surface area contributed by atoms with Crippen molar-refractivity contribution in [2.75, 3.05) is 0 Å². The molecular weight excluding hydrogens is 150 g/mol. The summed E-state index contributed by atoms with van der Waals surface area (Å²) >= 11 is 0. The smallest absolute Gasteiger partial charge is 0.128 e. The number of carbonyl (C=O) groups excluding carboxylic acids is 1. The van der Waals surface area contributed by atoms with E-state index in [-0.39, 0.29) is 0 Å². The standard InChI is InChI=1S/C10H9NO/c11-6-2-5-9-3-1-4-10(7-9)8-12/h1,3,7H,2,4-5H2. The van der Waals surface area contributed by atoms with Gasteiger partial charge in [0.15, 0.2) is 0 Å². The lowest BCUT2D eigenvalue weighted by Crippen LogP contribution is -1.88. The third-order valence-electron chi connectivity index (χ3n) is 1.69. The number of hydrogen-bond acceptors (Lipinski definition) is 2. The van der Waals surface area contributed by atoms with Crippen LogP contribution in [-0.2, 0) is 4.79 Å². The van der Waals surface area contributed by atoms with Crippen molar-refractivity contribution in [2.24, 2.45) is 0 Å². The highest BCUT2D eigenvalue weighted by molar-refractivity contribution is 5.60. The summed E-state index contributed by atoms with van der Waals surface area (Å²) in [7, 11) is 0. The molecule has 0 radical (unpaired) electrons. The minimum Gasteiger partial charge on any atom is -0.233 e. The van der Waals surface area contributed by atoms with Crippen LogP contribution in [0.25, 0.3) is 0 Å². The molecule has 0 saturated carbocycles. The highest BCUT2D eigenvalue weighted by Crippen LogP contribution is 2.16. The lowest BCUT2D eigenvalue weighted by atomic mass is 10.0. The van der Waals surface area contributed by atoms with E-state index in [1.165, 1.54) is 0 Å². The first-order valence-electron chi connectivity index (χ1n) is 3.85. The molecule has 60 valence electrons. The van der Waals surface area contributed by atoms with Crippen molar-refractivity contribution in [1.82, 2.24) is 0 Å². The van der Waals surface area contributed by atoms with Crippen LogP contribution in [0.5, 0.6) is 0 Å². The molecule has 1 aliphatic carbocycles. The summed E-state index contributed by atoms with van der Waals surface area (Å²) in [4.78, 5) is 10.3. The van der Waals surface area contributed by atoms with Gasteiger partial charge in [-0.15, -0.1) is 0 Å². The van der Waals surface area contributed by atoms with Gasteiger partial charge in [0.05, 0.1) is 6.07 Å². The lowest BCUT2D eigenvalue weighted by Gasteiger charge is -2.04. The second-order valence-electron chi connectivity index (χ2n) is 2.61. The van der Waals surface area contributed by atoms with Crippen molar-refractivity contribution in [3.63, 3.8) is 0 Å². The SMILES string of the molecule is N#CCCC1=CC(=C=O)CC=C1. The van der Waals surface area contributed by atoms with Gasteiger partial charge in [0.2, 0.25) is 0 Å². The van der Waals surface area contributed by atoms with Gasteiger partial charge in [0.25, 0.3) is 0 Å². The van der Waals surface area contributed by atoms with Gasteiger partial charge < -0.3 is 0 Å². The lowest BCUT2D eigenvalue weighted by molar-refractivity contribution is 0.567. The molecule has 0 aromatic rings. The quantitative estimate of drug-likeness (QED) is 0.577. The topological polar surface area (TPSA) is 40.9 Å². The Hall–Kier alpha value is -1.58.